The standard InChI is InChI=1S/C19H31N/c1-3-4-15-19(18-13-9-6-10-14-18)20-16(2)17-11-7-5-8-12-17/h6,9-10,13-14,16-17,19-20H,3-5,7-8,11-12,15H2,1-2H3/t16-,19?/m1/s1. The van der Waals surface area contributed by atoms with Gasteiger partial charge in [0.25, 0.3) is 0 Å². The van der Waals surface area contributed by atoms with Gasteiger partial charge in [0.05, 0.1) is 0 Å². The van der Waals surface area contributed by atoms with Crippen molar-refractivity contribution in [1.29, 1.82) is 0 Å². The highest BCUT2D eigenvalue weighted by Crippen LogP contribution is 2.28. The summed E-state index contributed by atoms with van der Waals surface area (Å²) in [7, 11) is 0. The molecule has 1 unspecified atom stereocenters. The van der Waals surface area contributed by atoms with Crippen LogP contribution in [0.5, 0.6) is 0 Å². The van der Waals surface area contributed by atoms with E-state index in [4.69, 9.17) is 0 Å². The van der Waals surface area contributed by atoms with Crippen molar-refractivity contribution in [3.63, 3.8) is 0 Å². The van der Waals surface area contributed by atoms with Gasteiger partial charge in [0.15, 0.2) is 0 Å². The van der Waals surface area contributed by atoms with Crippen molar-refractivity contribution < 1.29 is 0 Å². The van der Waals surface area contributed by atoms with E-state index in [-0.39, 0.29) is 0 Å². The van der Waals surface area contributed by atoms with E-state index in [0.29, 0.717) is 12.1 Å². The third kappa shape index (κ3) is 4.63. The Kier molecular flexibility index (Phi) is 6.59. The van der Waals surface area contributed by atoms with Crippen molar-refractivity contribution in [2.75, 3.05) is 0 Å². The summed E-state index contributed by atoms with van der Waals surface area (Å²) in [5, 5.41) is 3.94. The Morgan fingerprint density at radius 2 is 1.80 bits per heavy atom. The predicted octanol–water partition coefficient (Wildman–Crippen LogP) is 5.48. The minimum Gasteiger partial charge on any atom is -0.307 e. The molecule has 1 heteroatoms. The van der Waals surface area contributed by atoms with Crippen LogP contribution in [0.1, 0.15) is 76.8 Å². The van der Waals surface area contributed by atoms with Crippen LogP contribution in [0.15, 0.2) is 30.3 Å². The number of nitrogens with one attached hydrogen (secondary N) is 1. The van der Waals surface area contributed by atoms with Gasteiger partial charge in [0, 0.05) is 12.1 Å². The lowest BCUT2D eigenvalue weighted by atomic mass is 9.84. The van der Waals surface area contributed by atoms with E-state index in [9.17, 15) is 0 Å². The fourth-order valence-electron chi connectivity index (χ4n) is 3.53. The van der Waals surface area contributed by atoms with Gasteiger partial charge in [-0.15, -0.1) is 0 Å². The number of rotatable bonds is 7. The van der Waals surface area contributed by atoms with Crippen LogP contribution in [0.4, 0.5) is 0 Å². The largest absolute Gasteiger partial charge is 0.307 e. The summed E-state index contributed by atoms with van der Waals surface area (Å²) in [6, 6.07) is 12.2. The van der Waals surface area contributed by atoms with Gasteiger partial charge in [0.1, 0.15) is 0 Å². The maximum absolute atomic E-state index is 3.94. The maximum atomic E-state index is 3.94. The molecule has 0 heterocycles. The molecule has 0 radical (unpaired) electrons. The van der Waals surface area contributed by atoms with Crippen molar-refractivity contribution in [2.24, 2.45) is 5.92 Å². The molecule has 0 saturated heterocycles. The third-order valence-electron chi connectivity index (χ3n) is 4.87. The molecule has 1 aromatic carbocycles. The van der Waals surface area contributed by atoms with E-state index in [1.165, 1.54) is 56.9 Å². The van der Waals surface area contributed by atoms with Gasteiger partial charge in [-0.2, -0.15) is 0 Å². The van der Waals surface area contributed by atoms with E-state index < -0.39 is 0 Å². The molecule has 112 valence electrons. The maximum Gasteiger partial charge on any atom is 0.0322 e. The second-order valence-electron chi connectivity index (χ2n) is 6.46. The minimum atomic E-state index is 0.535. The molecule has 0 aliphatic heterocycles. The highest BCUT2D eigenvalue weighted by atomic mass is 15.0. The lowest BCUT2D eigenvalue weighted by molar-refractivity contribution is 0.259. The molecule has 1 aliphatic carbocycles. The summed E-state index contributed by atoms with van der Waals surface area (Å²) in [4.78, 5) is 0. The van der Waals surface area contributed by atoms with Gasteiger partial charge < -0.3 is 5.32 Å². The molecular formula is C19H31N. The van der Waals surface area contributed by atoms with Gasteiger partial charge in [-0.25, -0.2) is 0 Å². The first-order chi connectivity index (χ1) is 9.81. The van der Waals surface area contributed by atoms with Crippen LogP contribution >= 0.6 is 0 Å². The second-order valence-corrected chi connectivity index (χ2v) is 6.46. The molecule has 1 aromatic rings. The normalized spacial score (nSPS) is 19.7. The SMILES string of the molecule is CCCCC(N[C@H](C)C1CCCCC1)c1ccccc1. The Morgan fingerprint density at radius 3 is 2.45 bits per heavy atom. The van der Waals surface area contributed by atoms with Gasteiger partial charge in [-0.05, 0) is 37.7 Å². The number of benzene rings is 1. The van der Waals surface area contributed by atoms with Gasteiger partial charge in [0.2, 0.25) is 0 Å². The van der Waals surface area contributed by atoms with Crippen molar-refractivity contribution >= 4 is 0 Å². The Labute approximate surface area is 125 Å². The molecular weight excluding hydrogens is 242 g/mol. The molecule has 2 atom stereocenters. The number of unbranched alkanes of at least 4 members (excludes halogenated alkanes) is 1. The smallest absolute Gasteiger partial charge is 0.0322 e. The van der Waals surface area contributed by atoms with Gasteiger partial charge in [-0.1, -0.05) is 69.4 Å². The van der Waals surface area contributed by atoms with Crippen LogP contribution in [0, 0.1) is 5.92 Å². The first kappa shape index (κ1) is 15.6. The Balaban J connectivity index is 1.95. The predicted molar refractivity (Wildman–Crippen MR) is 87.9 cm³/mol. The zero-order valence-corrected chi connectivity index (χ0v) is 13.3. The zero-order valence-electron chi connectivity index (χ0n) is 13.3. The monoisotopic (exact) mass is 273 g/mol. The summed E-state index contributed by atoms with van der Waals surface area (Å²) < 4.78 is 0. The molecule has 20 heavy (non-hydrogen) atoms. The summed E-state index contributed by atoms with van der Waals surface area (Å²) in [6.45, 7) is 4.69. The molecule has 1 saturated carbocycles. The molecule has 1 nitrogen and oxygen atoms in total. The highest BCUT2D eigenvalue weighted by Gasteiger charge is 2.22. The lowest BCUT2D eigenvalue weighted by Gasteiger charge is -2.32. The van der Waals surface area contributed by atoms with E-state index >= 15 is 0 Å². The lowest BCUT2D eigenvalue weighted by Crippen LogP contribution is -2.37. The molecule has 1 aliphatic rings. The van der Waals surface area contributed by atoms with E-state index in [0.717, 1.165) is 5.92 Å². The van der Waals surface area contributed by atoms with E-state index in [2.05, 4.69) is 49.5 Å². The minimum absolute atomic E-state index is 0.535. The summed E-state index contributed by atoms with van der Waals surface area (Å²) in [6.07, 6.45) is 11.0. The van der Waals surface area contributed by atoms with Crippen molar-refractivity contribution in [1.82, 2.24) is 5.32 Å². The average Bonchev–Trinajstić information content (AvgIpc) is 2.53. The van der Waals surface area contributed by atoms with Crippen molar-refractivity contribution in [2.45, 2.75) is 77.3 Å². The van der Waals surface area contributed by atoms with Crippen LogP contribution in [0.3, 0.4) is 0 Å². The van der Waals surface area contributed by atoms with Crippen LogP contribution in [0.2, 0.25) is 0 Å². The average molecular weight is 273 g/mol. The molecule has 2 rings (SSSR count). The number of hydrogen-bond acceptors (Lipinski definition) is 1. The Morgan fingerprint density at radius 1 is 1.10 bits per heavy atom. The van der Waals surface area contributed by atoms with Gasteiger partial charge in [-0.3, -0.25) is 0 Å². The molecule has 0 amide bonds. The third-order valence-corrected chi connectivity index (χ3v) is 4.87. The van der Waals surface area contributed by atoms with E-state index in [1.807, 2.05) is 0 Å². The Hall–Kier alpha value is -0.820. The van der Waals surface area contributed by atoms with Crippen molar-refractivity contribution in [3.05, 3.63) is 35.9 Å². The van der Waals surface area contributed by atoms with Crippen LogP contribution in [-0.2, 0) is 0 Å². The van der Waals surface area contributed by atoms with Crippen LogP contribution in [-0.4, -0.2) is 6.04 Å². The summed E-state index contributed by atoms with van der Waals surface area (Å²) in [5.74, 6) is 0.886. The molecule has 0 bridgehead atoms. The molecule has 0 spiro atoms. The zero-order chi connectivity index (χ0) is 14.2. The number of hydrogen-bond donors (Lipinski definition) is 1. The van der Waals surface area contributed by atoms with Crippen LogP contribution < -0.4 is 5.32 Å². The van der Waals surface area contributed by atoms with Crippen LogP contribution in [0.25, 0.3) is 0 Å². The van der Waals surface area contributed by atoms with Crippen molar-refractivity contribution in [3.8, 4) is 0 Å². The highest BCUT2D eigenvalue weighted by molar-refractivity contribution is 5.19. The summed E-state index contributed by atoms with van der Waals surface area (Å²) in [5.41, 5.74) is 1.46. The molecule has 1 N–H and O–H groups in total. The molecule has 0 aromatic heterocycles. The molecule has 1 fully saturated rings. The quantitative estimate of drug-likeness (QED) is 0.694. The Bertz CT molecular complexity index is 353. The topological polar surface area (TPSA) is 12.0 Å². The first-order valence-corrected chi connectivity index (χ1v) is 8.62. The van der Waals surface area contributed by atoms with Gasteiger partial charge >= 0.3 is 0 Å². The fourth-order valence-corrected chi connectivity index (χ4v) is 3.53. The second kappa shape index (κ2) is 8.46. The fraction of sp³-hybridized carbons (Fsp3) is 0.684. The summed E-state index contributed by atoms with van der Waals surface area (Å²) >= 11 is 0. The van der Waals surface area contributed by atoms with E-state index in [1.54, 1.807) is 0 Å². The first-order valence-electron chi connectivity index (χ1n) is 8.62.